The van der Waals surface area contributed by atoms with Crippen LogP contribution in [0.1, 0.15) is 6.42 Å². The third-order valence-electron chi connectivity index (χ3n) is 4.55. The smallest absolute Gasteiger partial charge is 0.228 e. The zero-order chi connectivity index (χ0) is 17.9. The van der Waals surface area contributed by atoms with E-state index in [0.29, 0.717) is 48.5 Å². The van der Waals surface area contributed by atoms with Crippen LogP contribution in [-0.4, -0.2) is 44.3 Å². The van der Waals surface area contributed by atoms with Gasteiger partial charge >= 0.3 is 0 Å². The Labute approximate surface area is 151 Å². The van der Waals surface area contributed by atoms with Crippen molar-refractivity contribution in [2.24, 2.45) is 5.92 Å². The molecule has 0 radical (unpaired) electrons. The molecular formula is C19H21N3O4. The Balaban J connectivity index is 1.67. The number of carbonyl (C=O) groups excluding carboxylic acids is 1. The highest BCUT2D eigenvalue weighted by Crippen LogP contribution is 2.40. The van der Waals surface area contributed by atoms with Gasteiger partial charge in [0.05, 0.1) is 18.7 Å². The Hall–Kier alpha value is -2.80. The molecule has 1 fully saturated rings. The SMILES string of the molecule is COc1cc(NC(=O)C2CCNC2)cc(-c2cccc3c2OCCO3)n1. The number of aromatic nitrogens is 1. The van der Waals surface area contributed by atoms with Crippen molar-refractivity contribution in [3.8, 4) is 28.6 Å². The van der Waals surface area contributed by atoms with Crippen LogP contribution in [0.25, 0.3) is 11.3 Å². The topological polar surface area (TPSA) is 81.7 Å². The van der Waals surface area contributed by atoms with E-state index in [1.54, 1.807) is 13.2 Å². The molecule has 0 saturated carbocycles. The van der Waals surface area contributed by atoms with Gasteiger partial charge in [-0.3, -0.25) is 4.79 Å². The van der Waals surface area contributed by atoms with Gasteiger partial charge in [-0.25, -0.2) is 4.98 Å². The van der Waals surface area contributed by atoms with E-state index in [9.17, 15) is 4.79 Å². The average molecular weight is 355 g/mol. The summed E-state index contributed by atoms with van der Waals surface area (Å²) < 4.78 is 16.7. The Bertz CT molecular complexity index is 818. The number of amides is 1. The van der Waals surface area contributed by atoms with Crippen LogP contribution < -0.4 is 24.8 Å². The second-order valence-electron chi connectivity index (χ2n) is 6.29. The number of para-hydroxylation sites is 1. The fraction of sp³-hybridized carbons (Fsp3) is 0.368. The van der Waals surface area contributed by atoms with E-state index in [0.717, 1.165) is 18.5 Å². The van der Waals surface area contributed by atoms with Gasteiger partial charge in [0.1, 0.15) is 13.2 Å². The summed E-state index contributed by atoms with van der Waals surface area (Å²) in [5.41, 5.74) is 2.11. The molecule has 4 rings (SSSR count). The van der Waals surface area contributed by atoms with Crippen molar-refractivity contribution in [3.05, 3.63) is 30.3 Å². The lowest BCUT2D eigenvalue weighted by Gasteiger charge is -2.21. The molecule has 2 aliphatic heterocycles. The molecule has 1 amide bonds. The Kier molecular flexibility index (Phi) is 4.62. The highest BCUT2D eigenvalue weighted by molar-refractivity contribution is 5.93. The summed E-state index contributed by atoms with van der Waals surface area (Å²) in [4.78, 5) is 17.0. The van der Waals surface area contributed by atoms with Crippen molar-refractivity contribution in [3.63, 3.8) is 0 Å². The number of benzene rings is 1. The van der Waals surface area contributed by atoms with E-state index in [-0.39, 0.29) is 11.8 Å². The first kappa shape index (κ1) is 16.7. The molecule has 2 aliphatic rings. The van der Waals surface area contributed by atoms with Crippen molar-refractivity contribution in [2.75, 3.05) is 38.7 Å². The first-order valence-electron chi connectivity index (χ1n) is 8.71. The van der Waals surface area contributed by atoms with E-state index in [2.05, 4.69) is 15.6 Å². The molecule has 0 spiro atoms. The maximum Gasteiger partial charge on any atom is 0.228 e. The van der Waals surface area contributed by atoms with E-state index < -0.39 is 0 Å². The minimum absolute atomic E-state index is 0.00359. The van der Waals surface area contributed by atoms with Crippen LogP contribution in [0.2, 0.25) is 0 Å². The standard InChI is InChI=1S/C19H21N3O4/c1-24-17-10-13(21-19(23)12-5-6-20-11-12)9-15(22-17)14-3-2-4-16-18(14)26-8-7-25-16/h2-4,9-10,12,20H,5-8,11H2,1H3,(H,21,22,23). The number of rotatable bonds is 4. The maximum atomic E-state index is 12.4. The largest absolute Gasteiger partial charge is 0.486 e. The predicted molar refractivity (Wildman–Crippen MR) is 96.8 cm³/mol. The molecule has 2 N–H and O–H groups in total. The van der Waals surface area contributed by atoms with Crippen LogP contribution in [0, 0.1) is 5.92 Å². The molecule has 136 valence electrons. The van der Waals surface area contributed by atoms with Gasteiger partial charge in [-0.2, -0.15) is 0 Å². The fourth-order valence-corrected chi connectivity index (χ4v) is 3.22. The van der Waals surface area contributed by atoms with Crippen LogP contribution in [-0.2, 0) is 4.79 Å². The van der Waals surface area contributed by atoms with Crippen LogP contribution in [0.5, 0.6) is 17.4 Å². The van der Waals surface area contributed by atoms with Crippen molar-refractivity contribution in [1.82, 2.24) is 10.3 Å². The zero-order valence-corrected chi connectivity index (χ0v) is 14.6. The summed E-state index contributed by atoms with van der Waals surface area (Å²) in [7, 11) is 1.55. The number of fused-ring (bicyclic) bond motifs is 1. The van der Waals surface area contributed by atoms with Gasteiger partial charge in [-0.1, -0.05) is 6.07 Å². The predicted octanol–water partition coefficient (Wildman–Crippen LogP) is 2.08. The van der Waals surface area contributed by atoms with Gasteiger partial charge in [-0.05, 0) is 31.2 Å². The molecule has 7 heteroatoms. The van der Waals surface area contributed by atoms with Gasteiger partial charge in [0.2, 0.25) is 11.8 Å². The zero-order valence-electron chi connectivity index (χ0n) is 14.6. The molecule has 2 aromatic rings. The lowest BCUT2D eigenvalue weighted by molar-refractivity contribution is -0.119. The van der Waals surface area contributed by atoms with Gasteiger partial charge < -0.3 is 24.8 Å². The Morgan fingerprint density at radius 2 is 2.19 bits per heavy atom. The van der Waals surface area contributed by atoms with E-state index in [1.807, 2.05) is 24.3 Å². The highest BCUT2D eigenvalue weighted by Gasteiger charge is 2.23. The van der Waals surface area contributed by atoms with Crippen molar-refractivity contribution in [1.29, 1.82) is 0 Å². The summed E-state index contributed by atoms with van der Waals surface area (Å²) in [6.07, 6.45) is 0.846. The Morgan fingerprint density at radius 1 is 1.31 bits per heavy atom. The van der Waals surface area contributed by atoms with Gasteiger partial charge in [-0.15, -0.1) is 0 Å². The lowest BCUT2D eigenvalue weighted by atomic mass is 10.1. The Morgan fingerprint density at radius 3 is 3.00 bits per heavy atom. The number of methoxy groups -OCH3 is 1. The highest BCUT2D eigenvalue weighted by atomic mass is 16.6. The first-order chi connectivity index (χ1) is 12.7. The quantitative estimate of drug-likeness (QED) is 0.874. The van der Waals surface area contributed by atoms with Gasteiger partial charge in [0.15, 0.2) is 11.5 Å². The number of hydrogen-bond donors (Lipinski definition) is 2. The van der Waals surface area contributed by atoms with Crippen LogP contribution in [0.3, 0.4) is 0 Å². The van der Waals surface area contributed by atoms with E-state index in [4.69, 9.17) is 14.2 Å². The minimum Gasteiger partial charge on any atom is -0.486 e. The second kappa shape index (κ2) is 7.21. The van der Waals surface area contributed by atoms with Crippen molar-refractivity contribution < 1.29 is 19.0 Å². The average Bonchev–Trinajstić information content (AvgIpc) is 3.22. The molecule has 1 aromatic heterocycles. The van der Waals surface area contributed by atoms with E-state index in [1.165, 1.54) is 0 Å². The number of pyridine rings is 1. The van der Waals surface area contributed by atoms with Crippen LogP contribution in [0.15, 0.2) is 30.3 Å². The monoisotopic (exact) mass is 355 g/mol. The second-order valence-corrected chi connectivity index (χ2v) is 6.29. The summed E-state index contributed by atoms with van der Waals surface area (Å²) in [6.45, 7) is 2.60. The first-order valence-corrected chi connectivity index (χ1v) is 8.71. The molecule has 1 aromatic carbocycles. The van der Waals surface area contributed by atoms with Crippen molar-refractivity contribution >= 4 is 11.6 Å². The molecule has 0 aliphatic carbocycles. The van der Waals surface area contributed by atoms with E-state index >= 15 is 0 Å². The molecular weight excluding hydrogens is 334 g/mol. The van der Waals surface area contributed by atoms with Gasteiger partial charge in [0, 0.05) is 23.9 Å². The normalized spacial score (nSPS) is 18.4. The molecule has 7 nitrogen and oxygen atoms in total. The number of carbonyl (C=O) groups is 1. The van der Waals surface area contributed by atoms with Gasteiger partial charge in [0.25, 0.3) is 0 Å². The minimum atomic E-state index is -0.0150. The number of ether oxygens (including phenoxy) is 3. The summed E-state index contributed by atoms with van der Waals surface area (Å²) in [5, 5.41) is 6.18. The van der Waals surface area contributed by atoms with Crippen LogP contribution >= 0.6 is 0 Å². The molecule has 1 atom stereocenters. The number of nitrogens with zero attached hydrogens (tertiary/aromatic N) is 1. The fourth-order valence-electron chi connectivity index (χ4n) is 3.22. The van der Waals surface area contributed by atoms with Crippen molar-refractivity contribution in [2.45, 2.75) is 6.42 Å². The number of nitrogens with one attached hydrogen (secondary N) is 2. The third-order valence-corrected chi connectivity index (χ3v) is 4.55. The molecule has 3 heterocycles. The van der Waals surface area contributed by atoms with Crippen LogP contribution in [0.4, 0.5) is 5.69 Å². The molecule has 1 saturated heterocycles. The summed E-state index contributed by atoms with van der Waals surface area (Å²) in [5.74, 6) is 1.78. The number of hydrogen-bond acceptors (Lipinski definition) is 6. The summed E-state index contributed by atoms with van der Waals surface area (Å²) >= 11 is 0. The maximum absolute atomic E-state index is 12.4. The third kappa shape index (κ3) is 3.30. The summed E-state index contributed by atoms with van der Waals surface area (Å²) in [6, 6.07) is 9.23. The number of anilines is 1. The lowest BCUT2D eigenvalue weighted by Crippen LogP contribution is -2.24. The molecule has 26 heavy (non-hydrogen) atoms. The molecule has 0 bridgehead atoms. The molecule has 1 unspecified atom stereocenters.